The first-order chi connectivity index (χ1) is 13.0. The van der Waals surface area contributed by atoms with Gasteiger partial charge < -0.3 is 0 Å². The zero-order valence-electron chi connectivity index (χ0n) is 14.8. The predicted molar refractivity (Wildman–Crippen MR) is 114 cm³/mol. The molecule has 0 unspecified atom stereocenters. The average molecular weight is 393 g/mol. The fourth-order valence-corrected chi connectivity index (χ4v) is 4.05. The Morgan fingerprint density at radius 2 is 1.96 bits per heavy atom. The standard InChI is InChI=1S/C20H16N4OS2/c1-12-4-3-5-14(10-12)19-23-24-17(21)16(18(25)22-20(24)27-19)11-13-6-8-15(26-2)9-7-13/h3-11,21H,1-2H3. The predicted octanol–water partition coefficient (Wildman–Crippen LogP) is 4.38. The molecule has 1 amide bonds. The van der Waals surface area contributed by atoms with E-state index in [2.05, 4.69) is 10.1 Å². The number of amidine groups is 2. The van der Waals surface area contributed by atoms with Gasteiger partial charge in [-0.2, -0.15) is 15.1 Å². The number of amides is 1. The molecule has 4 rings (SSSR count). The van der Waals surface area contributed by atoms with Crippen molar-refractivity contribution in [3.8, 4) is 0 Å². The van der Waals surface area contributed by atoms with E-state index in [0.717, 1.165) is 26.6 Å². The van der Waals surface area contributed by atoms with E-state index >= 15 is 0 Å². The van der Waals surface area contributed by atoms with Crippen molar-refractivity contribution in [3.05, 3.63) is 70.8 Å². The van der Waals surface area contributed by atoms with Gasteiger partial charge in [-0.1, -0.05) is 35.9 Å². The molecule has 0 spiro atoms. The van der Waals surface area contributed by atoms with E-state index in [0.29, 0.717) is 5.17 Å². The average Bonchev–Trinajstić information content (AvgIpc) is 3.10. The van der Waals surface area contributed by atoms with E-state index in [1.165, 1.54) is 16.8 Å². The second-order valence-corrected chi connectivity index (χ2v) is 7.90. The number of benzene rings is 2. The Hall–Kier alpha value is -2.64. The van der Waals surface area contributed by atoms with Crippen molar-refractivity contribution in [2.24, 2.45) is 10.1 Å². The van der Waals surface area contributed by atoms with E-state index in [-0.39, 0.29) is 11.4 Å². The second kappa shape index (κ2) is 7.17. The molecule has 7 heteroatoms. The third-order valence-electron chi connectivity index (χ3n) is 4.15. The highest BCUT2D eigenvalue weighted by Gasteiger charge is 2.35. The monoisotopic (exact) mass is 392 g/mol. The molecule has 0 aliphatic carbocycles. The number of aryl methyl sites for hydroxylation is 1. The number of hydrogen-bond acceptors (Lipinski definition) is 5. The van der Waals surface area contributed by atoms with Crippen LogP contribution in [0.2, 0.25) is 0 Å². The Bertz CT molecular complexity index is 1040. The van der Waals surface area contributed by atoms with Crippen molar-refractivity contribution in [2.45, 2.75) is 11.8 Å². The first-order valence-electron chi connectivity index (χ1n) is 8.26. The summed E-state index contributed by atoms with van der Waals surface area (Å²) in [5, 5.41) is 15.6. The highest BCUT2D eigenvalue weighted by atomic mass is 32.2. The Morgan fingerprint density at radius 1 is 1.19 bits per heavy atom. The van der Waals surface area contributed by atoms with Crippen molar-refractivity contribution in [2.75, 3.05) is 6.26 Å². The Morgan fingerprint density at radius 3 is 2.67 bits per heavy atom. The van der Waals surface area contributed by atoms with Crippen LogP contribution < -0.4 is 0 Å². The molecule has 2 aliphatic heterocycles. The first kappa shape index (κ1) is 17.8. The lowest BCUT2D eigenvalue weighted by atomic mass is 10.1. The molecular formula is C20H16N4OS2. The maximum absolute atomic E-state index is 12.5. The van der Waals surface area contributed by atoms with Gasteiger partial charge in [0.1, 0.15) is 5.04 Å². The lowest BCUT2D eigenvalue weighted by Crippen LogP contribution is -2.35. The van der Waals surface area contributed by atoms with E-state index in [4.69, 9.17) is 5.41 Å². The quantitative estimate of drug-likeness (QED) is 0.621. The lowest BCUT2D eigenvalue weighted by molar-refractivity contribution is -0.114. The summed E-state index contributed by atoms with van der Waals surface area (Å²) in [5.74, 6) is -0.359. The summed E-state index contributed by atoms with van der Waals surface area (Å²) in [6, 6.07) is 15.8. The van der Waals surface area contributed by atoms with E-state index in [1.807, 2.05) is 61.7 Å². The van der Waals surface area contributed by atoms with Crippen LogP contribution in [-0.2, 0) is 4.79 Å². The van der Waals surface area contributed by atoms with Gasteiger partial charge >= 0.3 is 0 Å². The zero-order valence-corrected chi connectivity index (χ0v) is 16.4. The van der Waals surface area contributed by atoms with Crippen molar-refractivity contribution >= 4 is 51.6 Å². The summed E-state index contributed by atoms with van der Waals surface area (Å²) in [6.45, 7) is 2.02. The molecule has 1 N–H and O–H groups in total. The van der Waals surface area contributed by atoms with Gasteiger partial charge in [-0.25, -0.2) is 0 Å². The van der Waals surface area contributed by atoms with Crippen LogP contribution in [0.1, 0.15) is 16.7 Å². The number of nitrogens with zero attached hydrogens (tertiary/aromatic N) is 3. The van der Waals surface area contributed by atoms with Gasteiger partial charge in [0.15, 0.2) is 5.84 Å². The molecule has 0 aromatic heterocycles. The van der Waals surface area contributed by atoms with Gasteiger partial charge in [-0.05, 0) is 54.8 Å². The molecule has 2 aromatic carbocycles. The summed E-state index contributed by atoms with van der Waals surface area (Å²) in [6.07, 6.45) is 3.71. The number of rotatable bonds is 3. The summed E-state index contributed by atoms with van der Waals surface area (Å²) in [5.41, 5.74) is 3.18. The van der Waals surface area contributed by atoms with E-state index in [1.54, 1.807) is 17.8 Å². The Labute approximate surface area is 165 Å². The minimum absolute atomic E-state index is 0.0501. The van der Waals surface area contributed by atoms with Crippen LogP contribution in [-0.4, -0.2) is 33.2 Å². The highest BCUT2D eigenvalue weighted by Crippen LogP contribution is 2.31. The first-order valence-corrected chi connectivity index (χ1v) is 10.3. The van der Waals surface area contributed by atoms with E-state index < -0.39 is 5.91 Å². The lowest BCUT2D eigenvalue weighted by Gasteiger charge is -2.20. The number of hydrogen-bond donors (Lipinski definition) is 1. The third-order valence-corrected chi connectivity index (χ3v) is 5.85. The van der Waals surface area contributed by atoms with Crippen LogP contribution in [0, 0.1) is 12.3 Å². The molecule has 0 bridgehead atoms. The van der Waals surface area contributed by atoms with Crippen LogP contribution in [0.15, 0.2) is 69.1 Å². The molecule has 0 saturated carbocycles. The topological polar surface area (TPSA) is 68.9 Å². The minimum atomic E-state index is -0.409. The van der Waals surface area contributed by atoms with Crippen molar-refractivity contribution < 1.29 is 4.79 Å². The maximum Gasteiger partial charge on any atom is 0.283 e. The van der Waals surface area contributed by atoms with Crippen LogP contribution in [0.3, 0.4) is 0 Å². The van der Waals surface area contributed by atoms with Gasteiger partial charge in [0.25, 0.3) is 5.91 Å². The Kier molecular flexibility index (Phi) is 4.72. The molecule has 134 valence electrons. The zero-order chi connectivity index (χ0) is 19.0. The summed E-state index contributed by atoms with van der Waals surface area (Å²) in [4.78, 5) is 17.8. The second-order valence-electron chi connectivity index (χ2n) is 6.07. The molecular weight excluding hydrogens is 376 g/mol. The third kappa shape index (κ3) is 3.48. The van der Waals surface area contributed by atoms with Gasteiger partial charge in [0.2, 0.25) is 5.17 Å². The van der Waals surface area contributed by atoms with Gasteiger partial charge in [0.05, 0.1) is 5.57 Å². The minimum Gasteiger partial charge on any atom is -0.282 e. The number of thioether (sulfide) groups is 2. The number of aliphatic imine (C=N–C) groups is 1. The summed E-state index contributed by atoms with van der Waals surface area (Å²) in [7, 11) is 0. The van der Waals surface area contributed by atoms with Crippen LogP contribution in [0.25, 0.3) is 6.08 Å². The normalized spacial score (nSPS) is 17.9. The molecule has 0 atom stereocenters. The van der Waals surface area contributed by atoms with E-state index in [9.17, 15) is 4.79 Å². The molecule has 0 saturated heterocycles. The smallest absolute Gasteiger partial charge is 0.282 e. The number of carbonyl (C=O) groups is 1. The molecule has 2 aromatic rings. The fourth-order valence-electron chi connectivity index (χ4n) is 2.75. The molecule has 0 fully saturated rings. The van der Waals surface area contributed by atoms with Crippen LogP contribution >= 0.6 is 23.5 Å². The molecule has 27 heavy (non-hydrogen) atoms. The molecule has 2 heterocycles. The van der Waals surface area contributed by atoms with Crippen molar-refractivity contribution in [1.29, 1.82) is 5.41 Å². The summed E-state index contributed by atoms with van der Waals surface area (Å²) >= 11 is 2.97. The number of carbonyl (C=O) groups excluding carboxylic acids is 1. The van der Waals surface area contributed by atoms with Gasteiger partial charge in [0, 0.05) is 10.5 Å². The molecule has 5 nitrogen and oxygen atoms in total. The molecule has 2 aliphatic rings. The maximum atomic E-state index is 12.5. The molecule has 0 radical (unpaired) electrons. The SMILES string of the molecule is CSc1ccc(C=C2C(=N)N3N=C(c4cccc(C)c4)SC3=NC2=O)cc1. The number of fused-ring (bicyclic) bond motifs is 1. The fraction of sp³-hybridized carbons (Fsp3) is 0.100. The van der Waals surface area contributed by atoms with Crippen LogP contribution in [0.4, 0.5) is 0 Å². The van der Waals surface area contributed by atoms with Gasteiger partial charge in [-0.15, -0.1) is 11.8 Å². The van der Waals surface area contributed by atoms with Crippen molar-refractivity contribution in [3.63, 3.8) is 0 Å². The summed E-state index contributed by atoms with van der Waals surface area (Å²) < 4.78 is 0. The van der Waals surface area contributed by atoms with Gasteiger partial charge in [-0.3, -0.25) is 10.2 Å². The number of nitrogens with one attached hydrogen (secondary N) is 1. The number of hydrazone groups is 1. The highest BCUT2D eigenvalue weighted by molar-refractivity contribution is 8.27. The largest absolute Gasteiger partial charge is 0.283 e. The van der Waals surface area contributed by atoms with Crippen LogP contribution in [0.5, 0.6) is 0 Å². The Balaban J connectivity index is 1.66. The van der Waals surface area contributed by atoms with Crippen molar-refractivity contribution in [1.82, 2.24) is 5.01 Å².